The highest BCUT2D eigenvalue weighted by Crippen LogP contribution is 2.33. The molecule has 0 spiro atoms. The van der Waals surface area contributed by atoms with E-state index in [1.807, 2.05) is 0 Å². The molecule has 0 saturated carbocycles. The van der Waals surface area contributed by atoms with Gasteiger partial charge in [0, 0.05) is 23.4 Å². The number of nitrogens with one attached hydrogen (secondary N) is 3. The predicted molar refractivity (Wildman–Crippen MR) is 162 cm³/mol. The van der Waals surface area contributed by atoms with Crippen molar-refractivity contribution in [3.63, 3.8) is 0 Å². The molecule has 3 aromatic rings. The fraction of sp³-hybridized carbons (Fsp3) is 0.200. The average molecular weight is 604 g/mol. The summed E-state index contributed by atoms with van der Waals surface area (Å²) in [6.45, 7) is 3.57. The molecule has 1 atom stereocenters. The number of thiocarbonyl (C=S) groups is 1. The summed E-state index contributed by atoms with van der Waals surface area (Å²) in [5, 5.41) is 21.2. The van der Waals surface area contributed by atoms with Crippen LogP contribution in [-0.2, 0) is 20.9 Å². The maximum atomic E-state index is 12.7. The van der Waals surface area contributed by atoms with Gasteiger partial charge < -0.3 is 24.8 Å². The number of amides is 1. The van der Waals surface area contributed by atoms with Gasteiger partial charge in [-0.1, -0.05) is 30.3 Å². The van der Waals surface area contributed by atoms with E-state index in [1.165, 1.54) is 18.3 Å². The molecule has 0 unspecified atom stereocenters. The number of esters is 1. The van der Waals surface area contributed by atoms with E-state index in [2.05, 4.69) is 21.2 Å². The van der Waals surface area contributed by atoms with E-state index in [0.717, 1.165) is 5.56 Å². The molecule has 0 radical (unpaired) electrons. The average Bonchev–Trinajstić information content (AvgIpc) is 2.99. The van der Waals surface area contributed by atoms with Gasteiger partial charge in [0.1, 0.15) is 18.1 Å². The number of hydrogen-bond acceptors (Lipinski definition) is 9. The number of nitrogens with zero attached hydrogens (tertiary/aromatic N) is 2. The summed E-state index contributed by atoms with van der Waals surface area (Å²) in [6, 6.07) is 19.6. The first-order valence-corrected chi connectivity index (χ1v) is 13.6. The number of carbonyl (C=O) groups excluding carboxylic acids is 2. The molecule has 12 nitrogen and oxygen atoms in total. The lowest BCUT2D eigenvalue weighted by atomic mass is 9.95. The lowest BCUT2D eigenvalue weighted by molar-refractivity contribution is -0.384. The van der Waals surface area contributed by atoms with Gasteiger partial charge in [-0.15, -0.1) is 0 Å². The highest BCUT2D eigenvalue weighted by atomic mass is 32.1. The van der Waals surface area contributed by atoms with Crippen LogP contribution in [0.3, 0.4) is 0 Å². The Morgan fingerprint density at radius 2 is 1.86 bits per heavy atom. The number of nitro groups is 1. The number of allylic oxidation sites excluding steroid dienone is 1. The zero-order valence-electron chi connectivity index (χ0n) is 23.4. The number of hydrogen-bond donors (Lipinski definition) is 3. The standard InChI is InChI=1S/C30H29N5O7S/c1-3-40-29(37)27-19(2)32-30(43)33-28(27)24-9-4-5-10-25(24)42-18-26(36)34-31-16-21-7-6-8-23(15-21)41-17-20-11-13-22(14-12-20)35(38)39/h4-16,28H,3,17-18H2,1-2H3,(H,34,36)(H2,32,33,43)/t28-/m0/s1. The minimum Gasteiger partial charge on any atom is -0.489 e. The van der Waals surface area contributed by atoms with Crippen molar-refractivity contribution >= 4 is 41.1 Å². The molecular formula is C30H29N5O7S. The van der Waals surface area contributed by atoms with Crippen LogP contribution in [0.15, 0.2) is 89.2 Å². The maximum Gasteiger partial charge on any atom is 0.338 e. The van der Waals surface area contributed by atoms with E-state index in [1.54, 1.807) is 74.5 Å². The number of hydrazone groups is 1. The molecule has 0 fully saturated rings. The van der Waals surface area contributed by atoms with Crippen molar-refractivity contribution in [3.05, 3.63) is 111 Å². The summed E-state index contributed by atoms with van der Waals surface area (Å²) in [5.41, 5.74) is 5.43. The molecule has 1 aliphatic rings. The molecule has 0 bridgehead atoms. The first kappa shape index (κ1) is 30.7. The maximum absolute atomic E-state index is 12.7. The van der Waals surface area contributed by atoms with E-state index in [0.29, 0.717) is 39.0 Å². The van der Waals surface area contributed by atoms with Gasteiger partial charge in [0.25, 0.3) is 11.6 Å². The van der Waals surface area contributed by atoms with E-state index >= 15 is 0 Å². The van der Waals surface area contributed by atoms with Crippen LogP contribution in [0.25, 0.3) is 0 Å². The van der Waals surface area contributed by atoms with E-state index in [9.17, 15) is 19.7 Å². The summed E-state index contributed by atoms with van der Waals surface area (Å²) in [4.78, 5) is 35.6. The second-order valence-corrected chi connectivity index (χ2v) is 9.60. The number of ether oxygens (including phenoxy) is 3. The van der Waals surface area contributed by atoms with Gasteiger partial charge in [0.05, 0.1) is 29.4 Å². The van der Waals surface area contributed by atoms with Crippen molar-refractivity contribution in [3.8, 4) is 11.5 Å². The fourth-order valence-electron chi connectivity index (χ4n) is 4.18. The molecule has 222 valence electrons. The minimum absolute atomic E-state index is 0.0115. The second-order valence-electron chi connectivity index (χ2n) is 9.20. The monoisotopic (exact) mass is 603 g/mol. The Morgan fingerprint density at radius 3 is 2.60 bits per heavy atom. The largest absolute Gasteiger partial charge is 0.489 e. The van der Waals surface area contributed by atoms with Gasteiger partial charge in [0.15, 0.2) is 11.7 Å². The SMILES string of the molecule is CCOC(=O)C1=C(C)NC(=S)N[C@H]1c1ccccc1OCC(=O)NN=Cc1cccc(OCc2ccc([N+](=O)[O-])cc2)c1. The van der Waals surface area contributed by atoms with Gasteiger partial charge in [-0.25, -0.2) is 10.2 Å². The van der Waals surface area contributed by atoms with Crippen LogP contribution in [0.1, 0.15) is 36.6 Å². The van der Waals surface area contributed by atoms with Crippen LogP contribution in [0.5, 0.6) is 11.5 Å². The molecule has 43 heavy (non-hydrogen) atoms. The van der Waals surface area contributed by atoms with Gasteiger partial charge in [0.2, 0.25) is 0 Å². The molecule has 0 saturated heterocycles. The minimum atomic E-state index is -0.639. The van der Waals surface area contributed by atoms with Crippen molar-refractivity contribution in [1.29, 1.82) is 0 Å². The molecule has 3 N–H and O–H groups in total. The molecule has 1 amide bonds. The van der Waals surface area contributed by atoms with Crippen LogP contribution in [-0.4, -0.2) is 41.3 Å². The van der Waals surface area contributed by atoms with Crippen molar-refractivity contribution in [2.24, 2.45) is 5.10 Å². The third-order valence-corrected chi connectivity index (χ3v) is 6.39. The van der Waals surface area contributed by atoms with Gasteiger partial charge in [-0.2, -0.15) is 5.10 Å². The Hall–Kier alpha value is -5.30. The summed E-state index contributed by atoms with van der Waals surface area (Å²) >= 11 is 5.30. The summed E-state index contributed by atoms with van der Waals surface area (Å²) < 4.78 is 16.8. The first-order chi connectivity index (χ1) is 20.7. The summed E-state index contributed by atoms with van der Waals surface area (Å²) in [6.07, 6.45) is 1.46. The number of carbonyl (C=O) groups is 2. The van der Waals surface area contributed by atoms with Crippen molar-refractivity contribution < 1.29 is 28.7 Å². The fourth-order valence-corrected chi connectivity index (χ4v) is 4.45. The number of non-ortho nitro benzene ring substituents is 1. The van der Waals surface area contributed by atoms with Gasteiger partial charge in [-0.05, 0) is 67.5 Å². The summed E-state index contributed by atoms with van der Waals surface area (Å²) in [7, 11) is 0. The highest BCUT2D eigenvalue weighted by Gasteiger charge is 2.32. The topological polar surface area (TPSA) is 153 Å². The second kappa shape index (κ2) is 14.5. The Balaban J connectivity index is 1.34. The molecule has 1 heterocycles. The third-order valence-electron chi connectivity index (χ3n) is 6.17. The normalized spacial score (nSPS) is 14.5. The number of benzene rings is 3. The zero-order valence-corrected chi connectivity index (χ0v) is 24.2. The van der Waals surface area contributed by atoms with Crippen LogP contribution < -0.4 is 25.5 Å². The molecule has 1 aliphatic heterocycles. The van der Waals surface area contributed by atoms with Crippen LogP contribution >= 0.6 is 12.2 Å². The number of rotatable bonds is 12. The summed E-state index contributed by atoms with van der Waals surface area (Å²) in [5.74, 6) is -0.0414. The van der Waals surface area contributed by atoms with Crippen molar-refractivity contribution in [2.75, 3.05) is 13.2 Å². The van der Waals surface area contributed by atoms with Crippen LogP contribution in [0, 0.1) is 10.1 Å². The number of para-hydroxylation sites is 1. The van der Waals surface area contributed by atoms with E-state index < -0.39 is 22.8 Å². The quantitative estimate of drug-likeness (QED) is 0.0908. The zero-order chi connectivity index (χ0) is 30.8. The van der Waals surface area contributed by atoms with E-state index in [-0.39, 0.29) is 25.5 Å². The van der Waals surface area contributed by atoms with E-state index in [4.69, 9.17) is 26.4 Å². The third kappa shape index (κ3) is 8.36. The van der Waals surface area contributed by atoms with Gasteiger partial charge >= 0.3 is 5.97 Å². The Bertz CT molecular complexity index is 1570. The van der Waals surface area contributed by atoms with Crippen molar-refractivity contribution in [1.82, 2.24) is 16.1 Å². The highest BCUT2D eigenvalue weighted by molar-refractivity contribution is 7.80. The Morgan fingerprint density at radius 1 is 1.09 bits per heavy atom. The molecule has 0 aliphatic carbocycles. The van der Waals surface area contributed by atoms with Crippen molar-refractivity contribution in [2.45, 2.75) is 26.5 Å². The lowest BCUT2D eigenvalue weighted by Crippen LogP contribution is -2.45. The number of nitro benzene ring substituents is 1. The Labute approximate surface area is 252 Å². The molecule has 0 aromatic heterocycles. The Kier molecular flexibility index (Phi) is 10.4. The lowest BCUT2D eigenvalue weighted by Gasteiger charge is -2.30. The van der Waals surface area contributed by atoms with Crippen LogP contribution in [0.2, 0.25) is 0 Å². The first-order valence-electron chi connectivity index (χ1n) is 13.2. The molecular weight excluding hydrogens is 574 g/mol. The van der Waals surface area contributed by atoms with Gasteiger partial charge in [-0.3, -0.25) is 14.9 Å². The predicted octanol–water partition coefficient (Wildman–Crippen LogP) is 4.06. The smallest absolute Gasteiger partial charge is 0.338 e. The van der Waals surface area contributed by atoms with Crippen LogP contribution in [0.4, 0.5) is 5.69 Å². The molecule has 4 rings (SSSR count). The molecule has 13 heteroatoms. The molecule has 3 aromatic carbocycles.